The Labute approximate surface area is 95.1 Å². The molecule has 2 aromatic rings. The number of aromatic carboxylic acids is 1. The van der Waals surface area contributed by atoms with Crippen LogP contribution < -0.4 is 0 Å². The van der Waals surface area contributed by atoms with Crippen molar-refractivity contribution >= 4 is 11.7 Å². The van der Waals surface area contributed by atoms with Crippen molar-refractivity contribution in [2.45, 2.75) is 0 Å². The average Bonchev–Trinajstić information content (AvgIpc) is 2.78. The minimum absolute atomic E-state index is 0.0978. The van der Waals surface area contributed by atoms with E-state index in [9.17, 15) is 14.9 Å². The van der Waals surface area contributed by atoms with Gasteiger partial charge in [0.2, 0.25) is 0 Å². The molecule has 0 aliphatic rings. The monoisotopic (exact) mass is 233 g/mol. The van der Waals surface area contributed by atoms with Gasteiger partial charge < -0.3 is 5.11 Å². The third-order valence-corrected chi connectivity index (χ3v) is 2.14. The smallest absolute Gasteiger partial charge is 0.335 e. The standard InChI is InChI=1S/C10H7N3O4/c14-10(15)7-2-1-3-8(4-7)12-6-9(5-11-12)13(16)17/h1-6H,(H,14,15). The predicted molar refractivity (Wildman–Crippen MR) is 57.2 cm³/mol. The van der Waals surface area contributed by atoms with Crippen molar-refractivity contribution in [2.24, 2.45) is 0 Å². The first-order valence-corrected chi connectivity index (χ1v) is 4.61. The highest BCUT2D eigenvalue weighted by Gasteiger charge is 2.11. The summed E-state index contributed by atoms with van der Waals surface area (Å²) in [5.74, 6) is -1.06. The maximum Gasteiger partial charge on any atom is 0.335 e. The molecule has 0 aliphatic carbocycles. The summed E-state index contributed by atoms with van der Waals surface area (Å²) in [6, 6.07) is 5.98. The molecule has 2 rings (SSSR count). The molecule has 17 heavy (non-hydrogen) atoms. The van der Waals surface area contributed by atoms with E-state index in [1.807, 2.05) is 0 Å². The molecule has 7 heteroatoms. The molecule has 1 N–H and O–H groups in total. The highest BCUT2D eigenvalue weighted by atomic mass is 16.6. The normalized spacial score (nSPS) is 10.1. The van der Waals surface area contributed by atoms with E-state index in [0.717, 1.165) is 6.20 Å². The van der Waals surface area contributed by atoms with E-state index in [1.54, 1.807) is 12.1 Å². The van der Waals surface area contributed by atoms with Gasteiger partial charge in [-0.15, -0.1) is 0 Å². The zero-order valence-electron chi connectivity index (χ0n) is 8.48. The summed E-state index contributed by atoms with van der Waals surface area (Å²) in [7, 11) is 0. The number of nitro groups is 1. The van der Waals surface area contributed by atoms with Crippen LogP contribution >= 0.6 is 0 Å². The van der Waals surface area contributed by atoms with Gasteiger partial charge in [-0.3, -0.25) is 10.1 Å². The molecule has 0 atom stereocenters. The third-order valence-electron chi connectivity index (χ3n) is 2.14. The van der Waals surface area contributed by atoms with Crippen LogP contribution in [0, 0.1) is 10.1 Å². The molecular formula is C10H7N3O4. The van der Waals surface area contributed by atoms with Crippen molar-refractivity contribution < 1.29 is 14.8 Å². The first-order chi connectivity index (χ1) is 8.08. The van der Waals surface area contributed by atoms with Crippen molar-refractivity contribution in [1.29, 1.82) is 0 Å². The summed E-state index contributed by atoms with van der Waals surface area (Å²) in [4.78, 5) is 20.7. The second-order valence-electron chi connectivity index (χ2n) is 3.26. The Bertz CT molecular complexity index is 591. The van der Waals surface area contributed by atoms with Gasteiger partial charge in [-0.1, -0.05) is 6.07 Å². The van der Waals surface area contributed by atoms with Crippen LogP contribution in [0.4, 0.5) is 5.69 Å². The first-order valence-electron chi connectivity index (χ1n) is 4.61. The minimum atomic E-state index is -1.06. The molecule has 0 bridgehead atoms. The van der Waals surface area contributed by atoms with Gasteiger partial charge in [0.15, 0.2) is 0 Å². The number of carboxylic acid groups (broad SMARTS) is 1. The summed E-state index contributed by atoms with van der Waals surface area (Å²) in [5.41, 5.74) is 0.407. The van der Waals surface area contributed by atoms with Crippen molar-refractivity contribution in [3.05, 3.63) is 52.3 Å². The van der Waals surface area contributed by atoms with Crippen LogP contribution in [-0.2, 0) is 0 Å². The van der Waals surface area contributed by atoms with Crippen LogP contribution in [-0.4, -0.2) is 25.8 Å². The van der Waals surface area contributed by atoms with Crippen molar-refractivity contribution in [3.63, 3.8) is 0 Å². The topological polar surface area (TPSA) is 98.3 Å². The van der Waals surface area contributed by atoms with E-state index >= 15 is 0 Å². The minimum Gasteiger partial charge on any atom is -0.478 e. The number of carboxylic acids is 1. The van der Waals surface area contributed by atoms with Gasteiger partial charge in [0.1, 0.15) is 12.4 Å². The molecule has 0 fully saturated rings. The molecule has 0 aliphatic heterocycles. The molecule has 0 radical (unpaired) electrons. The number of hydrogen-bond donors (Lipinski definition) is 1. The van der Waals surface area contributed by atoms with Gasteiger partial charge in [0.25, 0.3) is 0 Å². The van der Waals surface area contributed by atoms with Gasteiger partial charge in [-0.05, 0) is 18.2 Å². The molecule has 1 heterocycles. The van der Waals surface area contributed by atoms with Gasteiger partial charge in [-0.25, -0.2) is 9.48 Å². The molecule has 1 aromatic carbocycles. The van der Waals surface area contributed by atoms with Crippen molar-refractivity contribution in [2.75, 3.05) is 0 Å². The highest BCUT2D eigenvalue weighted by molar-refractivity contribution is 5.88. The fraction of sp³-hybridized carbons (Fsp3) is 0. The van der Waals surface area contributed by atoms with E-state index < -0.39 is 10.9 Å². The summed E-state index contributed by atoms with van der Waals surface area (Å²) in [6.07, 6.45) is 2.33. The highest BCUT2D eigenvalue weighted by Crippen LogP contribution is 2.14. The molecule has 0 saturated heterocycles. The van der Waals surface area contributed by atoms with Crippen LogP contribution in [0.3, 0.4) is 0 Å². The summed E-state index contributed by atoms with van der Waals surface area (Å²) in [6.45, 7) is 0. The Morgan fingerprint density at radius 2 is 2.24 bits per heavy atom. The molecule has 0 amide bonds. The fourth-order valence-corrected chi connectivity index (χ4v) is 1.33. The first kappa shape index (κ1) is 10.8. The number of carbonyl (C=O) groups is 1. The van der Waals surface area contributed by atoms with Crippen LogP contribution in [0.1, 0.15) is 10.4 Å². The zero-order valence-corrected chi connectivity index (χ0v) is 8.48. The Kier molecular flexibility index (Phi) is 2.57. The van der Waals surface area contributed by atoms with Gasteiger partial charge in [-0.2, -0.15) is 5.10 Å². The Hall–Kier alpha value is -2.70. The average molecular weight is 233 g/mol. The van der Waals surface area contributed by atoms with E-state index in [4.69, 9.17) is 5.11 Å². The summed E-state index contributed by atoms with van der Waals surface area (Å²) in [5, 5.41) is 23.1. The summed E-state index contributed by atoms with van der Waals surface area (Å²) >= 11 is 0. The maximum atomic E-state index is 10.8. The van der Waals surface area contributed by atoms with Crippen molar-refractivity contribution in [3.8, 4) is 5.69 Å². The molecule has 7 nitrogen and oxygen atoms in total. The third kappa shape index (κ3) is 2.12. The van der Waals surface area contributed by atoms with E-state index in [-0.39, 0.29) is 11.3 Å². The van der Waals surface area contributed by atoms with E-state index in [1.165, 1.54) is 23.0 Å². The fourth-order valence-electron chi connectivity index (χ4n) is 1.33. The lowest BCUT2D eigenvalue weighted by atomic mass is 10.2. The second-order valence-corrected chi connectivity index (χ2v) is 3.26. The maximum absolute atomic E-state index is 10.8. The van der Waals surface area contributed by atoms with Gasteiger partial charge in [0, 0.05) is 0 Å². The van der Waals surface area contributed by atoms with Crippen LogP contribution in [0.5, 0.6) is 0 Å². The molecular weight excluding hydrogens is 226 g/mol. The number of benzene rings is 1. The van der Waals surface area contributed by atoms with Crippen LogP contribution in [0.15, 0.2) is 36.7 Å². The molecule has 0 saturated carbocycles. The number of nitrogens with zero attached hydrogens (tertiary/aromatic N) is 3. The SMILES string of the molecule is O=C(O)c1cccc(-n2cc([N+](=O)[O-])cn2)c1. The van der Waals surface area contributed by atoms with Crippen LogP contribution in [0.25, 0.3) is 5.69 Å². The van der Waals surface area contributed by atoms with Crippen LogP contribution in [0.2, 0.25) is 0 Å². The lowest BCUT2D eigenvalue weighted by molar-refractivity contribution is -0.384. The molecule has 0 spiro atoms. The van der Waals surface area contributed by atoms with Gasteiger partial charge >= 0.3 is 11.7 Å². The molecule has 86 valence electrons. The number of aromatic nitrogens is 2. The summed E-state index contributed by atoms with van der Waals surface area (Å²) < 4.78 is 1.25. The quantitative estimate of drug-likeness (QED) is 0.639. The van der Waals surface area contributed by atoms with Crippen molar-refractivity contribution in [1.82, 2.24) is 9.78 Å². The Morgan fingerprint density at radius 3 is 2.82 bits per heavy atom. The Balaban J connectivity index is 2.42. The molecule has 1 aromatic heterocycles. The number of rotatable bonds is 3. The Morgan fingerprint density at radius 1 is 1.47 bits per heavy atom. The second kappa shape index (κ2) is 4.05. The van der Waals surface area contributed by atoms with E-state index in [0.29, 0.717) is 5.69 Å². The zero-order chi connectivity index (χ0) is 12.4. The predicted octanol–water partition coefficient (Wildman–Crippen LogP) is 1.48. The van der Waals surface area contributed by atoms with Gasteiger partial charge in [0.05, 0.1) is 16.2 Å². The molecule has 0 unspecified atom stereocenters. The number of hydrogen-bond acceptors (Lipinski definition) is 4. The lowest BCUT2D eigenvalue weighted by Crippen LogP contribution is -2.00. The van der Waals surface area contributed by atoms with E-state index in [2.05, 4.69) is 5.10 Å². The lowest BCUT2D eigenvalue weighted by Gasteiger charge is -2.01. The largest absolute Gasteiger partial charge is 0.478 e.